The molecule has 2 rings (SSSR count). The van der Waals surface area contributed by atoms with Crippen LogP contribution < -0.4 is 0 Å². The fourth-order valence-electron chi connectivity index (χ4n) is 1.87. The maximum Gasteiger partial charge on any atom is 0.0977 e. The maximum atomic E-state index is 5.92. The van der Waals surface area contributed by atoms with Gasteiger partial charge in [-0.25, -0.2) is 0 Å². The third-order valence-corrected chi connectivity index (χ3v) is 3.07. The van der Waals surface area contributed by atoms with E-state index >= 15 is 0 Å². The molecule has 0 aliphatic carbocycles. The molecule has 0 N–H and O–H groups in total. The molecule has 96 valence electrons. The molecular formula is C13H17ClN4. The van der Waals surface area contributed by atoms with Gasteiger partial charge in [0.05, 0.1) is 18.4 Å². The van der Waals surface area contributed by atoms with Gasteiger partial charge in [0.1, 0.15) is 0 Å². The summed E-state index contributed by atoms with van der Waals surface area (Å²) in [5, 5.41) is 9.24. The van der Waals surface area contributed by atoms with E-state index in [4.69, 9.17) is 11.6 Å². The maximum absolute atomic E-state index is 5.92. The van der Waals surface area contributed by atoms with Gasteiger partial charge < -0.3 is 4.90 Å². The van der Waals surface area contributed by atoms with Crippen LogP contribution in [-0.4, -0.2) is 40.5 Å². The highest BCUT2D eigenvalue weighted by molar-refractivity contribution is 6.30. The first kappa shape index (κ1) is 13.1. The fraction of sp³-hybridized carbons (Fsp3) is 0.385. The van der Waals surface area contributed by atoms with Gasteiger partial charge >= 0.3 is 0 Å². The highest BCUT2D eigenvalue weighted by Crippen LogP contribution is 2.22. The van der Waals surface area contributed by atoms with Crippen molar-refractivity contribution in [1.29, 1.82) is 0 Å². The summed E-state index contributed by atoms with van der Waals surface area (Å²) in [5.74, 6) is 0. The molecule has 1 unspecified atom stereocenters. The van der Waals surface area contributed by atoms with Crippen molar-refractivity contribution in [3.63, 3.8) is 0 Å². The largest absolute Gasteiger partial charge is 0.309 e. The van der Waals surface area contributed by atoms with E-state index in [1.165, 1.54) is 5.56 Å². The van der Waals surface area contributed by atoms with Crippen molar-refractivity contribution in [2.45, 2.75) is 12.5 Å². The lowest BCUT2D eigenvalue weighted by atomic mass is 10.0. The van der Waals surface area contributed by atoms with Gasteiger partial charge in [-0.15, -0.1) is 0 Å². The summed E-state index contributed by atoms with van der Waals surface area (Å²) in [5.41, 5.74) is 1.18. The average molecular weight is 265 g/mol. The summed E-state index contributed by atoms with van der Waals surface area (Å²) < 4.78 is 0. The van der Waals surface area contributed by atoms with Crippen LogP contribution in [0, 0.1) is 0 Å². The Balaban J connectivity index is 2.21. The fourth-order valence-corrected chi connectivity index (χ4v) is 1.99. The van der Waals surface area contributed by atoms with E-state index in [9.17, 15) is 0 Å². The Hall–Kier alpha value is -1.39. The quantitative estimate of drug-likeness (QED) is 0.832. The molecule has 2 aromatic rings. The molecule has 0 aliphatic heterocycles. The third-order valence-electron chi connectivity index (χ3n) is 2.82. The van der Waals surface area contributed by atoms with Crippen molar-refractivity contribution in [1.82, 2.24) is 19.9 Å². The monoisotopic (exact) mass is 264 g/mol. The molecule has 0 saturated heterocycles. The predicted molar refractivity (Wildman–Crippen MR) is 72.8 cm³/mol. The first-order valence-corrected chi connectivity index (χ1v) is 6.30. The normalized spacial score (nSPS) is 12.9. The van der Waals surface area contributed by atoms with E-state index in [2.05, 4.69) is 29.2 Å². The second-order valence-electron chi connectivity index (χ2n) is 4.51. The Bertz CT molecular complexity index is 464. The highest BCUT2D eigenvalue weighted by atomic mass is 35.5. The first-order chi connectivity index (χ1) is 8.66. The van der Waals surface area contributed by atoms with E-state index in [-0.39, 0.29) is 6.04 Å². The molecule has 18 heavy (non-hydrogen) atoms. The van der Waals surface area contributed by atoms with Gasteiger partial charge in [-0.05, 0) is 44.8 Å². The topological polar surface area (TPSA) is 34.0 Å². The first-order valence-electron chi connectivity index (χ1n) is 5.93. The van der Waals surface area contributed by atoms with Crippen LogP contribution in [0.5, 0.6) is 0 Å². The Morgan fingerprint density at radius 3 is 2.33 bits per heavy atom. The molecular weight excluding hydrogens is 248 g/mol. The Kier molecular flexibility index (Phi) is 4.33. The molecule has 0 fully saturated rings. The average Bonchev–Trinajstić information content (AvgIpc) is 2.85. The molecule has 0 spiro atoms. The van der Waals surface area contributed by atoms with E-state index in [1.54, 1.807) is 17.2 Å². The number of hydrogen-bond donors (Lipinski definition) is 0. The molecule has 1 aromatic heterocycles. The number of aromatic nitrogens is 3. The number of nitrogens with zero attached hydrogens (tertiary/aromatic N) is 4. The molecule has 1 aromatic carbocycles. The molecule has 0 aliphatic rings. The predicted octanol–water partition coefficient (Wildman–Crippen LogP) is 2.47. The minimum atomic E-state index is 0.152. The van der Waals surface area contributed by atoms with Crippen LogP contribution in [0.3, 0.4) is 0 Å². The summed E-state index contributed by atoms with van der Waals surface area (Å²) >= 11 is 5.92. The van der Waals surface area contributed by atoms with E-state index in [0.717, 1.165) is 18.0 Å². The Labute approximate surface area is 112 Å². The zero-order chi connectivity index (χ0) is 13.0. The van der Waals surface area contributed by atoms with Gasteiger partial charge in [-0.1, -0.05) is 23.7 Å². The summed E-state index contributed by atoms with van der Waals surface area (Å²) in [6.45, 7) is 0.981. The van der Waals surface area contributed by atoms with Crippen LogP contribution in [0.4, 0.5) is 0 Å². The zero-order valence-corrected chi connectivity index (χ0v) is 11.4. The van der Waals surface area contributed by atoms with E-state index in [1.807, 2.05) is 24.3 Å². The number of hydrogen-bond acceptors (Lipinski definition) is 3. The summed E-state index contributed by atoms with van der Waals surface area (Å²) in [7, 11) is 4.13. The van der Waals surface area contributed by atoms with Gasteiger partial charge in [-0.3, -0.25) is 0 Å². The SMILES string of the molecule is CN(C)CCC(c1ccc(Cl)cc1)n1nccn1. The van der Waals surface area contributed by atoms with Crippen LogP contribution in [0.1, 0.15) is 18.0 Å². The van der Waals surface area contributed by atoms with Gasteiger partial charge in [0.25, 0.3) is 0 Å². The lowest BCUT2D eigenvalue weighted by Gasteiger charge is -2.19. The highest BCUT2D eigenvalue weighted by Gasteiger charge is 2.15. The summed E-state index contributed by atoms with van der Waals surface area (Å²) in [4.78, 5) is 3.92. The molecule has 0 bridgehead atoms. The Morgan fingerprint density at radius 2 is 1.78 bits per heavy atom. The molecule has 0 amide bonds. The molecule has 4 nitrogen and oxygen atoms in total. The van der Waals surface area contributed by atoms with Gasteiger partial charge in [0.2, 0.25) is 0 Å². The molecule has 0 radical (unpaired) electrons. The van der Waals surface area contributed by atoms with Crippen LogP contribution >= 0.6 is 11.6 Å². The van der Waals surface area contributed by atoms with Crippen molar-refractivity contribution in [3.05, 3.63) is 47.2 Å². The van der Waals surface area contributed by atoms with Crippen molar-refractivity contribution < 1.29 is 0 Å². The molecule has 5 heteroatoms. The van der Waals surface area contributed by atoms with Crippen LogP contribution in [-0.2, 0) is 0 Å². The minimum absolute atomic E-state index is 0.152. The van der Waals surface area contributed by atoms with E-state index < -0.39 is 0 Å². The third kappa shape index (κ3) is 3.31. The second-order valence-corrected chi connectivity index (χ2v) is 4.95. The van der Waals surface area contributed by atoms with Crippen LogP contribution in [0.25, 0.3) is 0 Å². The van der Waals surface area contributed by atoms with Crippen molar-refractivity contribution in [2.75, 3.05) is 20.6 Å². The zero-order valence-electron chi connectivity index (χ0n) is 10.6. The van der Waals surface area contributed by atoms with Gasteiger partial charge in [-0.2, -0.15) is 15.0 Å². The van der Waals surface area contributed by atoms with Gasteiger partial charge in [0.15, 0.2) is 0 Å². The van der Waals surface area contributed by atoms with Gasteiger partial charge in [0, 0.05) is 5.02 Å². The van der Waals surface area contributed by atoms with Crippen LogP contribution in [0.2, 0.25) is 5.02 Å². The van der Waals surface area contributed by atoms with E-state index in [0.29, 0.717) is 0 Å². The lowest BCUT2D eigenvalue weighted by molar-refractivity contribution is 0.342. The molecule has 1 atom stereocenters. The van der Waals surface area contributed by atoms with Crippen molar-refractivity contribution in [3.8, 4) is 0 Å². The van der Waals surface area contributed by atoms with Crippen LogP contribution in [0.15, 0.2) is 36.7 Å². The number of rotatable bonds is 5. The smallest absolute Gasteiger partial charge is 0.0977 e. The standard InChI is InChI=1S/C13H17ClN4/c1-17(2)10-7-13(18-15-8-9-16-18)11-3-5-12(14)6-4-11/h3-6,8-9,13H,7,10H2,1-2H3. The number of benzene rings is 1. The summed E-state index contributed by atoms with van der Waals surface area (Å²) in [6, 6.07) is 8.03. The minimum Gasteiger partial charge on any atom is -0.309 e. The Morgan fingerprint density at radius 1 is 1.17 bits per heavy atom. The van der Waals surface area contributed by atoms with Crippen molar-refractivity contribution in [2.24, 2.45) is 0 Å². The van der Waals surface area contributed by atoms with Crippen molar-refractivity contribution >= 4 is 11.6 Å². The second kappa shape index (κ2) is 5.98. The number of halogens is 1. The summed E-state index contributed by atoms with van der Waals surface area (Å²) in [6.07, 6.45) is 4.38. The lowest BCUT2D eigenvalue weighted by Crippen LogP contribution is -2.21. The molecule has 0 saturated carbocycles. The molecule has 1 heterocycles.